The van der Waals surface area contributed by atoms with Crippen molar-refractivity contribution in [3.8, 4) is 0 Å². The van der Waals surface area contributed by atoms with Gasteiger partial charge in [0.05, 0.1) is 7.92 Å². The summed E-state index contributed by atoms with van der Waals surface area (Å²) in [5.74, 6) is 0. The van der Waals surface area contributed by atoms with Gasteiger partial charge in [-0.25, -0.2) is 0 Å². The Morgan fingerprint density at radius 3 is 1.29 bits per heavy atom. The molecule has 1 aliphatic rings. The summed E-state index contributed by atoms with van der Waals surface area (Å²) in [6.45, 7) is 1.95. The average molecular weight is 633 g/mol. The van der Waals surface area contributed by atoms with Gasteiger partial charge in [-0.3, -0.25) is 0 Å². The van der Waals surface area contributed by atoms with Gasteiger partial charge in [0.25, 0.3) is 0 Å². The van der Waals surface area contributed by atoms with Crippen molar-refractivity contribution in [2.24, 2.45) is 0 Å². The molecule has 0 saturated carbocycles. The maximum absolute atomic E-state index is 9.75. The molecule has 0 unspecified atom stereocenters. The molecule has 0 aromatic heterocycles. The van der Waals surface area contributed by atoms with Crippen molar-refractivity contribution in [2.45, 2.75) is 38.6 Å². The average Bonchev–Trinajstić information content (AvgIpc) is 2.80. The monoisotopic (exact) mass is 633 g/mol. The maximum atomic E-state index is 9.75. The Labute approximate surface area is 241 Å². The van der Waals surface area contributed by atoms with Crippen molar-refractivity contribution in [3.05, 3.63) is 135 Å². The summed E-state index contributed by atoms with van der Waals surface area (Å²) in [4.78, 5) is 0. The molecule has 1 N–H and O–H groups in total. The van der Waals surface area contributed by atoms with Crippen LogP contribution in [-0.2, 0) is 19.5 Å². The second-order valence-corrected chi connectivity index (χ2v) is 10.5. The van der Waals surface area contributed by atoms with E-state index in [1.54, 1.807) is 0 Å². The number of hydrogen-bond acceptors (Lipinski definition) is 0. The summed E-state index contributed by atoms with van der Waals surface area (Å²) in [6, 6.07) is 29.6. The van der Waals surface area contributed by atoms with Crippen LogP contribution in [0.4, 0.5) is 17.3 Å². The van der Waals surface area contributed by atoms with Crippen molar-refractivity contribution in [2.75, 3.05) is 0 Å². The van der Waals surface area contributed by atoms with Crippen LogP contribution in [0.1, 0.15) is 44.2 Å². The SMILES string of the molecule is C1=CCC/C=C\CC1.C[C@@H]([NH-])c1ccccc1[PH+](c1ccccc1)c1ccccc1.F[B-](F)(F)F.[CH3-].[CH3-].[Rh]. The normalized spacial score (nSPS) is 13.8. The first kappa shape index (κ1) is 38.1. The summed E-state index contributed by atoms with van der Waals surface area (Å²) in [6.07, 6.45) is 14.0. The molecule has 0 fully saturated rings. The molecule has 211 valence electrons. The van der Waals surface area contributed by atoms with Crippen LogP contribution >= 0.6 is 7.92 Å². The van der Waals surface area contributed by atoms with Crippen LogP contribution in [0, 0.1) is 14.9 Å². The van der Waals surface area contributed by atoms with Gasteiger partial charge in [-0.1, -0.05) is 85.8 Å². The van der Waals surface area contributed by atoms with Crippen LogP contribution in [0.15, 0.2) is 109 Å². The number of nitrogens with one attached hydrogen (secondary N) is 1. The summed E-state index contributed by atoms with van der Waals surface area (Å²) >= 11 is 0. The molecule has 0 bridgehead atoms. The molecule has 3 aromatic carbocycles. The first-order valence-corrected chi connectivity index (χ1v) is 13.2. The summed E-state index contributed by atoms with van der Waals surface area (Å²) in [5.41, 5.74) is 9.34. The number of allylic oxidation sites excluding steroid dienone is 4. The third kappa shape index (κ3) is 15.4. The minimum absolute atomic E-state index is 0. The van der Waals surface area contributed by atoms with E-state index in [9.17, 15) is 17.3 Å². The molecule has 0 spiro atoms. The Balaban J connectivity index is 0. The van der Waals surface area contributed by atoms with Crippen molar-refractivity contribution < 1.29 is 36.7 Å². The molecule has 3 aromatic rings. The van der Waals surface area contributed by atoms with Crippen LogP contribution in [0.2, 0.25) is 0 Å². The predicted molar refractivity (Wildman–Crippen MR) is 159 cm³/mol. The second kappa shape index (κ2) is 20.8. The molecular weight excluding hydrogens is 595 g/mol. The van der Waals surface area contributed by atoms with Gasteiger partial charge < -0.3 is 37.8 Å². The van der Waals surface area contributed by atoms with E-state index in [0.29, 0.717) is 0 Å². The fraction of sp³-hybridized carbons (Fsp3) is 0.200. The van der Waals surface area contributed by atoms with Crippen LogP contribution in [-0.4, -0.2) is 7.25 Å². The molecule has 4 rings (SSSR count). The first-order chi connectivity index (χ1) is 16.8. The van der Waals surface area contributed by atoms with E-state index in [2.05, 4.69) is 103 Å². The minimum Gasteiger partial charge on any atom is -0.671 e. The summed E-state index contributed by atoms with van der Waals surface area (Å²) < 4.78 is 39.0. The van der Waals surface area contributed by atoms with Gasteiger partial charge in [0, 0.05) is 19.5 Å². The number of rotatable bonds is 4. The van der Waals surface area contributed by atoms with Crippen LogP contribution in [0.25, 0.3) is 5.73 Å². The van der Waals surface area contributed by atoms with E-state index in [0.717, 1.165) is 5.56 Å². The molecule has 8 heteroatoms. The van der Waals surface area contributed by atoms with Crippen LogP contribution in [0.5, 0.6) is 0 Å². The van der Waals surface area contributed by atoms with E-state index in [1.807, 2.05) is 13.0 Å². The van der Waals surface area contributed by atoms with Gasteiger partial charge >= 0.3 is 7.25 Å². The fourth-order valence-electron chi connectivity index (χ4n) is 3.65. The van der Waals surface area contributed by atoms with Gasteiger partial charge in [-0.15, -0.1) is 6.04 Å². The Bertz CT molecular complexity index is 973. The smallest absolute Gasteiger partial charge is 0.671 e. The number of halogens is 4. The Hall–Kier alpha value is -2.06. The van der Waals surface area contributed by atoms with E-state index in [-0.39, 0.29) is 40.4 Å². The molecule has 1 nitrogen and oxygen atoms in total. The molecular formula is C30H38BF4NPRh-3. The zero-order valence-corrected chi connectivity index (χ0v) is 24.9. The first-order valence-electron chi connectivity index (χ1n) is 11.7. The van der Waals surface area contributed by atoms with Crippen molar-refractivity contribution in [1.29, 1.82) is 0 Å². The third-order valence-corrected chi connectivity index (χ3v) is 7.97. The summed E-state index contributed by atoms with van der Waals surface area (Å²) in [5, 5.41) is 4.06. The molecule has 38 heavy (non-hydrogen) atoms. The number of benzene rings is 3. The minimum atomic E-state index is -6.00. The van der Waals surface area contributed by atoms with Crippen LogP contribution < -0.4 is 15.9 Å². The summed E-state index contributed by atoms with van der Waals surface area (Å²) in [7, 11) is -7.07. The van der Waals surface area contributed by atoms with Gasteiger partial charge in [-0.2, -0.15) is 0 Å². The van der Waals surface area contributed by atoms with Crippen molar-refractivity contribution >= 4 is 31.1 Å². The second-order valence-electron chi connectivity index (χ2n) is 8.01. The molecule has 0 heterocycles. The standard InChI is InChI=1S/C20H19NP.C8H12.2CH3.BF4.Rh/c1-16(21)19-14-8-9-15-20(19)22(17-10-4-2-5-11-17)18-12-6-3-7-13-18;1-2-4-6-8-7-5-3-1;;;2-1(3,4)5;/h2-16,21H,1H3;1-2,7-8H,3-6H2;2*1H3;;/q-1;;3*-1;/p+1/b;2-1-,8-7?;;;;/t16-;;;;;/m1...../s1. The zero-order chi connectivity index (χ0) is 25.5. The third-order valence-electron chi connectivity index (χ3n) is 5.15. The van der Waals surface area contributed by atoms with Gasteiger partial charge in [0.1, 0.15) is 15.9 Å². The van der Waals surface area contributed by atoms with Crippen molar-refractivity contribution in [1.82, 2.24) is 0 Å². The maximum Gasteiger partial charge on any atom is 0.673 e. The van der Waals surface area contributed by atoms with E-state index in [4.69, 9.17) is 5.73 Å². The Morgan fingerprint density at radius 2 is 0.947 bits per heavy atom. The Kier molecular flexibility index (Phi) is 20.9. The van der Waals surface area contributed by atoms with Gasteiger partial charge in [0.2, 0.25) is 0 Å². The molecule has 1 aliphatic carbocycles. The van der Waals surface area contributed by atoms with Crippen LogP contribution in [0.3, 0.4) is 0 Å². The van der Waals surface area contributed by atoms with Crippen molar-refractivity contribution in [3.63, 3.8) is 0 Å². The van der Waals surface area contributed by atoms with E-state index >= 15 is 0 Å². The molecule has 1 atom stereocenters. The topological polar surface area (TPSA) is 23.8 Å². The van der Waals surface area contributed by atoms with Gasteiger partial charge in [0.15, 0.2) is 0 Å². The van der Waals surface area contributed by atoms with E-state index < -0.39 is 15.2 Å². The molecule has 0 amide bonds. The van der Waals surface area contributed by atoms with Gasteiger partial charge in [-0.05, 0) is 61.6 Å². The van der Waals surface area contributed by atoms with E-state index in [1.165, 1.54) is 41.6 Å². The number of hydrogen-bond donors (Lipinski definition) is 0. The molecule has 0 saturated heterocycles. The Morgan fingerprint density at radius 1 is 0.632 bits per heavy atom. The zero-order valence-electron chi connectivity index (χ0n) is 22.2. The fourth-order valence-corrected chi connectivity index (χ4v) is 6.50. The molecule has 1 radical (unpaired) electrons. The molecule has 0 aliphatic heterocycles. The largest absolute Gasteiger partial charge is 0.673 e. The quantitative estimate of drug-likeness (QED) is 0.0900. The predicted octanol–water partition coefficient (Wildman–Crippen LogP) is 9.16.